The predicted octanol–water partition coefficient (Wildman–Crippen LogP) is 5.81. The molecule has 8 heteroatoms. The summed E-state index contributed by atoms with van der Waals surface area (Å²) < 4.78 is 7.60. The summed E-state index contributed by atoms with van der Waals surface area (Å²) in [5.41, 5.74) is 7.28. The lowest BCUT2D eigenvalue weighted by molar-refractivity contribution is -0.116. The van der Waals surface area contributed by atoms with Crippen LogP contribution < -0.4 is 15.4 Å². The van der Waals surface area contributed by atoms with E-state index in [2.05, 4.69) is 57.1 Å². The van der Waals surface area contributed by atoms with Gasteiger partial charge in [0, 0.05) is 41.9 Å². The van der Waals surface area contributed by atoms with Gasteiger partial charge in [0.25, 0.3) is 0 Å². The third kappa shape index (κ3) is 5.52. The molecule has 2 atom stereocenters. The Bertz CT molecular complexity index is 1470. The molecule has 1 aliphatic rings. The molecule has 0 radical (unpaired) electrons. The fourth-order valence-corrected chi connectivity index (χ4v) is 5.61. The van der Waals surface area contributed by atoms with Crippen LogP contribution in [0.5, 0.6) is 5.75 Å². The number of pyridine rings is 1. The van der Waals surface area contributed by atoms with E-state index in [0.29, 0.717) is 18.1 Å². The van der Waals surface area contributed by atoms with Crippen molar-refractivity contribution in [2.24, 2.45) is 0 Å². The number of ether oxygens (including phenoxy) is 1. The van der Waals surface area contributed by atoms with Gasteiger partial charge < -0.3 is 24.8 Å². The molecule has 200 valence electrons. The molecule has 7 nitrogen and oxygen atoms in total. The number of carbonyl (C=O) groups excluding carboxylic acids is 1. The molecule has 2 aromatic carbocycles. The molecule has 1 saturated heterocycles. The smallest absolute Gasteiger partial charge is 0.226 e. The van der Waals surface area contributed by atoms with E-state index in [1.807, 2.05) is 61.5 Å². The Hall–Kier alpha value is -4.17. The molecular formula is C31H33N5O2S. The molecule has 0 aliphatic carbocycles. The van der Waals surface area contributed by atoms with Crippen LogP contribution in [0.15, 0.2) is 79.0 Å². The van der Waals surface area contributed by atoms with Crippen LogP contribution in [-0.2, 0) is 4.79 Å². The molecule has 2 unspecified atom stereocenters. The van der Waals surface area contributed by atoms with E-state index < -0.39 is 0 Å². The fourth-order valence-electron chi connectivity index (χ4n) is 5.28. The first-order chi connectivity index (χ1) is 18.9. The minimum absolute atomic E-state index is 0.0506. The van der Waals surface area contributed by atoms with Crippen molar-refractivity contribution in [3.05, 3.63) is 107 Å². The van der Waals surface area contributed by atoms with Crippen LogP contribution in [0.4, 0.5) is 5.69 Å². The highest BCUT2D eigenvalue weighted by atomic mass is 32.1. The Morgan fingerprint density at radius 1 is 1.05 bits per heavy atom. The van der Waals surface area contributed by atoms with Gasteiger partial charge in [0.05, 0.1) is 24.9 Å². The van der Waals surface area contributed by atoms with Gasteiger partial charge in [0.2, 0.25) is 5.91 Å². The number of hydrogen-bond acceptors (Lipinski definition) is 4. The minimum atomic E-state index is -0.149. The molecule has 3 heterocycles. The summed E-state index contributed by atoms with van der Waals surface area (Å²) in [4.78, 5) is 19.7. The summed E-state index contributed by atoms with van der Waals surface area (Å²) in [5, 5.41) is 7.12. The number of amides is 1. The summed E-state index contributed by atoms with van der Waals surface area (Å²) in [5.74, 6) is 0.766. The number of anilines is 1. The lowest BCUT2D eigenvalue weighted by Gasteiger charge is -2.28. The summed E-state index contributed by atoms with van der Waals surface area (Å²) in [7, 11) is 1.67. The monoisotopic (exact) mass is 539 g/mol. The predicted molar refractivity (Wildman–Crippen MR) is 158 cm³/mol. The Morgan fingerprint density at radius 2 is 1.79 bits per heavy atom. The van der Waals surface area contributed by atoms with Gasteiger partial charge in [-0.1, -0.05) is 23.8 Å². The zero-order valence-electron chi connectivity index (χ0n) is 22.6. The number of methoxy groups -OCH3 is 1. The molecule has 0 spiro atoms. The number of rotatable bonds is 8. The van der Waals surface area contributed by atoms with E-state index in [0.717, 1.165) is 45.3 Å². The highest BCUT2D eigenvalue weighted by Gasteiger charge is 2.41. The minimum Gasteiger partial charge on any atom is -0.497 e. The van der Waals surface area contributed by atoms with Gasteiger partial charge in [-0.3, -0.25) is 9.78 Å². The van der Waals surface area contributed by atoms with Crippen LogP contribution in [0.2, 0.25) is 0 Å². The van der Waals surface area contributed by atoms with Crippen LogP contribution in [-0.4, -0.2) is 39.1 Å². The Balaban J connectivity index is 1.45. The number of aromatic nitrogens is 2. The average molecular weight is 540 g/mol. The van der Waals surface area contributed by atoms with Crippen molar-refractivity contribution in [3.8, 4) is 11.4 Å². The standard InChI is InChI=1S/C31H33N5O2S/c1-20-8-10-23(11-9-20)33-28(37)16-18-35-30(29(34-31(35)39)27-7-5-6-17-32-27)26-19-21(2)36(22(26)3)24-12-14-25(38-4)15-13-24/h5-15,17,19,29-30H,16,18H2,1-4H3,(H,33,37)(H,34,39). The second-order valence-corrected chi connectivity index (χ2v) is 10.2. The number of hydrogen-bond donors (Lipinski definition) is 2. The number of thiocarbonyl (C=S) groups is 1. The largest absolute Gasteiger partial charge is 0.497 e. The molecule has 5 rings (SSSR count). The van der Waals surface area contributed by atoms with Crippen molar-refractivity contribution in [3.63, 3.8) is 0 Å². The van der Waals surface area contributed by atoms with Gasteiger partial charge in [-0.2, -0.15) is 0 Å². The third-order valence-corrected chi connectivity index (χ3v) is 7.58. The molecule has 2 N–H and O–H groups in total. The van der Waals surface area contributed by atoms with Gasteiger partial charge in [-0.25, -0.2) is 0 Å². The lowest BCUT2D eigenvalue weighted by atomic mass is 9.96. The van der Waals surface area contributed by atoms with E-state index in [9.17, 15) is 4.79 Å². The number of nitrogens with zero attached hydrogens (tertiary/aromatic N) is 3. The molecule has 1 aliphatic heterocycles. The van der Waals surface area contributed by atoms with Crippen molar-refractivity contribution in [2.75, 3.05) is 19.0 Å². The molecule has 4 aromatic rings. The van der Waals surface area contributed by atoms with E-state index in [1.54, 1.807) is 13.3 Å². The van der Waals surface area contributed by atoms with Gasteiger partial charge in [-0.05, 0) is 93.1 Å². The number of aryl methyl sites for hydroxylation is 2. The van der Waals surface area contributed by atoms with Gasteiger partial charge in [-0.15, -0.1) is 0 Å². The Morgan fingerprint density at radius 3 is 2.46 bits per heavy atom. The summed E-state index contributed by atoms with van der Waals surface area (Å²) in [6, 6.07) is 23.7. The maximum atomic E-state index is 12.9. The van der Waals surface area contributed by atoms with E-state index in [4.69, 9.17) is 17.0 Å². The number of benzene rings is 2. The average Bonchev–Trinajstić information content (AvgIpc) is 3.43. The van der Waals surface area contributed by atoms with Crippen molar-refractivity contribution in [1.82, 2.24) is 19.8 Å². The van der Waals surface area contributed by atoms with Gasteiger partial charge in [0.1, 0.15) is 5.75 Å². The molecule has 0 saturated carbocycles. The fraction of sp³-hybridized carbons (Fsp3) is 0.258. The van der Waals surface area contributed by atoms with Gasteiger partial charge >= 0.3 is 0 Å². The topological polar surface area (TPSA) is 71.4 Å². The molecular weight excluding hydrogens is 506 g/mol. The SMILES string of the molecule is COc1ccc(-n2c(C)cc(C3C(c4ccccn4)NC(=S)N3CCC(=O)Nc3ccc(C)cc3)c2C)cc1. The highest BCUT2D eigenvalue weighted by molar-refractivity contribution is 7.80. The Kier molecular flexibility index (Phi) is 7.65. The van der Waals surface area contributed by atoms with E-state index in [1.165, 1.54) is 0 Å². The molecule has 2 aromatic heterocycles. The quantitative estimate of drug-likeness (QED) is 0.276. The van der Waals surface area contributed by atoms with Crippen LogP contribution in [0.25, 0.3) is 5.69 Å². The van der Waals surface area contributed by atoms with Crippen molar-refractivity contribution >= 4 is 28.9 Å². The van der Waals surface area contributed by atoms with Crippen LogP contribution in [0.1, 0.15) is 46.7 Å². The first kappa shape index (κ1) is 26.4. The maximum absolute atomic E-state index is 12.9. The van der Waals surface area contributed by atoms with Crippen LogP contribution in [0, 0.1) is 20.8 Å². The molecule has 1 amide bonds. The Labute approximate surface area is 234 Å². The number of nitrogens with one attached hydrogen (secondary N) is 2. The second-order valence-electron chi connectivity index (χ2n) is 9.84. The molecule has 0 bridgehead atoms. The lowest BCUT2D eigenvalue weighted by Crippen LogP contribution is -2.32. The van der Waals surface area contributed by atoms with Crippen LogP contribution >= 0.6 is 12.2 Å². The van der Waals surface area contributed by atoms with Crippen molar-refractivity contribution in [2.45, 2.75) is 39.3 Å². The first-order valence-corrected chi connectivity index (χ1v) is 13.4. The molecule has 39 heavy (non-hydrogen) atoms. The van der Waals surface area contributed by atoms with E-state index in [-0.39, 0.29) is 18.0 Å². The summed E-state index contributed by atoms with van der Waals surface area (Å²) >= 11 is 5.83. The third-order valence-electron chi connectivity index (χ3n) is 7.23. The summed E-state index contributed by atoms with van der Waals surface area (Å²) in [6.07, 6.45) is 2.10. The summed E-state index contributed by atoms with van der Waals surface area (Å²) in [6.45, 7) is 6.74. The van der Waals surface area contributed by atoms with Crippen LogP contribution in [0.3, 0.4) is 0 Å². The van der Waals surface area contributed by atoms with E-state index >= 15 is 0 Å². The van der Waals surface area contributed by atoms with Crippen molar-refractivity contribution < 1.29 is 9.53 Å². The highest BCUT2D eigenvalue weighted by Crippen LogP contribution is 2.41. The zero-order valence-corrected chi connectivity index (χ0v) is 23.5. The number of carbonyl (C=O) groups is 1. The second kappa shape index (κ2) is 11.3. The normalized spacial score (nSPS) is 16.7. The van der Waals surface area contributed by atoms with Gasteiger partial charge in [0.15, 0.2) is 5.11 Å². The zero-order chi connectivity index (χ0) is 27.5. The molecule has 1 fully saturated rings. The maximum Gasteiger partial charge on any atom is 0.226 e. The first-order valence-electron chi connectivity index (χ1n) is 13.0. The van der Waals surface area contributed by atoms with Crippen molar-refractivity contribution in [1.29, 1.82) is 0 Å².